The number of imide groups is 1. The maximum Gasteiger partial charge on any atom is 0.322 e. The molecule has 112 valence electrons. The summed E-state index contributed by atoms with van der Waals surface area (Å²) in [6.07, 6.45) is 2.93. The summed E-state index contributed by atoms with van der Waals surface area (Å²) in [5.74, 6) is -0.427. The molecule has 21 heavy (non-hydrogen) atoms. The number of pyridine rings is 1. The van der Waals surface area contributed by atoms with E-state index < -0.39 is 12.1 Å². The van der Waals surface area contributed by atoms with Crippen LogP contribution in [0.2, 0.25) is 0 Å². The minimum Gasteiger partial charge on any atom is -0.345 e. The van der Waals surface area contributed by atoms with Gasteiger partial charge in [-0.25, -0.2) is 4.79 Å². The van der Waals surface area contributed by atoms with Crippen molar-refractivity contribution in [3.8, 4) is 0 Å². The third-order valence-corrected chi connectivity index (χ3v) is 3.36. The molecule has 7 heteroatoms. The number of carbonyl (C=O) groups excluding carboxylic acids is 3. The van der Waals surface area contributed by atoms with Crippen LogP contribution in [0.4, 0.5) is 4.79 Å². The molecule has 0 aliphatic carbocycles. The molecule has 0 spiro atoms. The van der Waals surface area contributed by atoms with Gasteiger partial charge in [-0.15, -0.1) is 0 Å². The second-order valence-electron chi connectivity index (χ2n) is 4.94. The van der Waals surface area contributed by atoms with Gasteiger partial charge < -0.3 is 10.2 Å². The molecule has 1 unspecified atom stereocenters. The van der Waals surface area contributed by atoms with E-state index >= 15 is 0 Å². The van der Waals surface area contributed by atoms with Crippen LogP contribution in [0.3, 0.4) is 0 Å². The highest BCUT2D eigenvalue weighted by molar-refractivity contribution is 6.04. The van der Waals surface area contributed by atoms with Gasteiger partial charge >= 0.3 is 6.03 Å². The average Bonchev–Trinajstić information content (AvgIpc) is 2.81. The van der Waals surface area contributed by atoms with Crippen molar-refractivity contribution < 1.29 is 14.4 Å². The lowest BCUT2D eigenvalue weighted by molar-refractivity contribution is -0.130. The molecule has 0 radical (unpaired) electrons. The number of nitrogens with one attached hydrogen (secondary N) is 2. The van der Waals surface area contributed by atoms with E-state index in [9.17, 15) is 14.4 Å². The molecule has 1 aromatic rings. The Balaban J connectivity index is 1.72. The molecular formula is C14H18N4O3. The Morgan fingerprint density at radius 2 is 2.19 bits per heavy atom. The largest absolute Gasteiger partial charge is 0.345 e. The van der Waals surface area contributed by atoms with Crippen LogP contribution in [0.15, 0.2) is 24.4 Å². The van der Waals surface area contributed by atoms with Gasteiger partial charge in [0.1, 0.15) is 6.04 Å². The van der Waals surface area contributed by atoms with Gasteiger partial charge in [-0.05, 0) is 18.6 Å². The number of rotatable bonds is 6. The number of carbonyl (C=O) groups is 3. The molecule has 1 aliphatic rings. The van der Waals surface area contributed by atoms with E-state index in [0.717, 1.165) is 5.69 Å². The van der Waals surface area contributed by atoms with Crippen molar-refractivity contribution >= 4 is 17.8 Å². The van der Waals surface area contributed by atoms with E-state index in [-0.39, 0.29) is 18.2 Å². The van der Waals surface area contributed by atoms with E-state index in [1.165, 1.54) is 0 Å². The second-order valence-corrected chi connectivity index (χ2v) is 4.94. The van der Waals surface area contributed by atoms with Gasteiger partial charge in [0, 0.05) is 38.3 Å². The first kappa shape index (κ1) is 15.0. The van der Waals surface area contributed by atoms with Crippen molar-refractivity contribution in [3.05, 3.63) is 30.1 Å². The number of aromatic nitrogens is 1. The van der Waals surface area contributed by atoms with Crippen molar-refractivity contribution in [2.75, 3.05) is 13.6 Å². The summed E-state index contributed by atoms with van der Waals surface area (Å²) in [6, 6.07) is 4.56. The molecule has 4 amide bonds. The van der Waals surface area contributed by atoms with Crippen LogP contribution >= 0.6 is 0 Å². The van der Waals surface area contributed by atoms with Gasteiger partial charge in [0.15, 0.2) is 0 Å². The summed E-state index contributed by atoms with van der Waals surface area (Å²) in [5.41, 5.74) is 0.930. The summed E-state index contributed by atoms with van der Waals surface area (Å²) in [4.78, 5) is 40.1. The van der Waals surface area contributed by atoms with Gasteiger partial charge in [-0.1, -0.05) is 6.07 Å². The van der Waals surface area contributed by atoms with Gasteiger partial charge in [-0.2, -0.15) is 0 Å². The lowest BCUT2D eigenvalue weighted by atomic mass is 10.1. The zero-order valence-electron chi connectivity index (χ0n) is 11.8. The summed E-state index contributed by atoms with van der Waals surface area (Å²) < 4.78 is 0. The number of urea groups is 1. The van der Waals surface area contributed by atoms with Crippen LogP contribution in [0, 0.1) is 0 Å². The maximum atomic E-state index is 12.0. The predicted octanol–water partition coefficient (Wildman–Crippen LogP) is 0.0707. The third kappa shape index (κ3) is 4.27. The quantitative estimate of drug-likeness (QED) is 0.725. The normalized spacial score (nSPS) is 17.3. The van der Waals surface area contributed by atoms with Crippen molar-refractivity contribution in [2.24, 2.45) is 0 Å². The fourth-order valence-corrected chi connectivity index (χ4v) is 2.07. The van der Waals surface area contributed by atoms with Crippen LogP contribution in [-0.2, 0) is 16.0 Å². The summed E-state index contributed by atoms with van der Waals surface area (Å²) >= 11 is 0. The van der Waals surface area contributed by atoms with Gasteiger partial charge in [0.25, 0.3) is 5.91 Å². The highest BCUT2D eigenvalue weighted by atomic mass is 16.2. The van der Waals surface area contributed by atoms with Crippen LogP contribution in [0.1, 0.15) is 18.5 Å². The topological polar surface area (TPSA) is 91.4 Å². The van der Waals surface area contributed by atoms with E-state index in [1.54, 1.807) is 18.1 Å². The average molecular weight is 290 g/mol. The molecule has 1 atom stereocenters. The first-order valence-electron chi connectivity index (χ1n) is 6.81. The smallest absolute Gasteiger partial charge is 0.322 e. The Kier molecular flexibility index (Phi) is 4.86. The summed E-state index contributed by atoms with van der Waals surface area (Å²) in [6.45, 7) is 0.569. The summed E-state index contributed by atoms with van der Waals surface area (Å²) in [7, 11) is 1.72. The number of hydrogen-bond donors (Lipinski definition) is 2. The SMILES string of the molecule is CN(CCc1ccccn1)C(=O)CCC1NC(=O)NC1=O. The van der Waals surface area contributed by atoms with Crippen molar-refractivity contribution in [2.45, 2.75) is 25.3 Å². The van der Waals surface area contributed by atoms with Gasteiger partial charge in [-0.3, -0.25) is 19.9 Å². The lowest BCUT2D eigenvalue weighted by Crippen LogP contribution is -2.33. The van der Waals surface area contributed by atoms with Gasteiger partial charge in [0.05, 0.1) is 0 Å². The van der Waals surface area contributed by atoms with Crippen LogP contribution in [0.25, 0.3) is 0 Å². The molecule has 2 heterocycles. The Hall–Kier alpha value is -2.44. The van der Waals surface area contributed by atoms with Crippen LogP contribution in [-0.4, -0.2) is 47.4 Å². The minimum atomic E-state index is -0.606. The number of hydrogen-bond acceptors (Lipinski definition) is 4. The van der Waals surface area contributed by atoms with Crippen LogP contribution < -0.4 is 10.6 Å². The second kappa shape index (κ2) is 6.83. The van der Waals surface area contributed by atoms with E-state index in [0.29, 0.717) is 19.4 Å². The first-order valence-corrected chi connectivity index (χ1v) is 6.81. The maximum absolute atomic E-state index is 12.0. The Morgan fingerprint density at radius 3 is 2.81 bits per heavy atom. The molecule has 0 bridgehead atoms. The Labute approximate surface area is 122 Å². The Bertz CT molecular complexity index is 532. The molecule has 7 nitrogen and oxygen atoms in total. The zero-order chi connectivity index (χ0) is 15.2. The number of nitrogens with zero attached hydrogens (tertiary/aromatic N) is 2. The van der Waals surface area contributed by atoms with E-state index in [4.69, 9.17) is 0 Å². The van der Waals surface area contributed by atoms with E-state index in [1.807, 2.05) is 18.2 Å². The molecule has 1 saturated heterocycles. The number of likely N-dealkylation sites (N-methyl/N-ethyl adjacent to an activating group) is 1. The number of amides is 4. The molecule has 1 aliphatic heterocycles. The lowest BCUT2D eigenvalue weighted by Gasteiger charge is -2.17. The monoisotopic (exact) mass is 290 g/mol. The highest BCUT2D eigenvalue weighted by Gasteiger charge is 2.29. The highest BCUT2D eigenvalue weighted by Crippen LogP contribution is 2.05. The molecule has 0 saturated carbocycles. The summed E-state index contributed by atoms with van der Waals surface area (Å²) in [5, 5.41) is 4.62. The minimum absolute atomic E-state index is 0.0557. The molecular weight excluding hydrogens is 272 g/mol. The fraction of sp³-hybridized carbons (Fsp3) is 0.429. The fourth-order valence-electron chi connectivity index (χ4n) is 2.07. The predicted molar refractivity (Wildman–Crippen MR) is 75.3 cm³/mol. The van der Waals surface area contributed by atoms with Crippen molar-refractivity contribution in [1.29, 1.82) is 0 Å². The zero-order valence-corrected chi connectivity index (χ0v) is 11.8. The molecule has 2 N–H and O–H groups in total. The third-order valence-electron chi connectivity index (χ3n) is 3.36. The standard InChI is InChI=1S/C14H18N4O3/c1-18(9-7-10-4-2-3-8-15-10)12(19)6-5-11-13(20)17-14(21)16-11/h2-4,8,11H,5-7,9H2,1H3,(H2,16,17,20,21). The van der Waals surface area contributed by atoms with E-state index in [2.05, 4.69) is 15.6 Å². The van der Waals surface area contributed by atoms with Gasteiger partial charge in [0.2, 0.25) is 5.91 Å². The molecule has 1 fully saturated rings. The molecule has 1 aromatic heterocycles. The molecule has 2 rings (SSSR count). The van der Waals surface area contributed by atoms with Crippen LogP contribution in [0.5, 0.6) is 0 Å². The van der Waals surface area contributed by atoms with Crippen molar-refractivity contribution in [1.82, 2.24) is 20.5 Å². The first-order chi connectivity index (χ1) is 10.1. The molecule has 0 aromatic carbocycles. The Morgan fingerprint density at radius 1 is 1.38 bits per heavy atom. The van der Waals surface area contributed by atoms with Crippen molar-refractivity contribution in [3.63, 3.8) is 0 Å².